The molecule has 1 rings (SSSR count). The predicted molar refractivity (Wildman–Crippen MR) is 114 cm³/mol. The lowest BCUT2D eigenvalue weighted by Crippen LogP contribution is -2.51. The van der Waals surface area contributed by atoms with Gasteiger partial charge in [-0.25, -0.2) is 8.42 Å². The molecule has 24 heavy (non-hydrogen) atoms. The minimum atomic E-state index is -3.15. The standard InChI is InChI=1S/C15H31N3O3S2.HI/c1-6-22(19)13-9-7-8-12(10-13)18-14(16-4)17-11-15(2,3)23(5,20)21;/h12-13H,6-11H2,1-5H3,(H2,16,17,18);1H. The second kappa shape index (κ2) is 10.3. The van der Waals surface area contributed by atoms with Crippen molar-refractivity contribution in [3.63, 3.8) is 0 Å². The van der Waals surface area contributed by atoms with Crippen LogP contribution in [-0.4, -0.2) is 60.2 Å². The summed E-state index contributed by atoms with van der Waals surface area (Å²) in [5.41, 5.74) is 0. The monoisotopic (exact) mass is 493 g/mol. The number of guanidine groups is 1. The molecular weight excluding hydrogens is 461 g/mol. The summed E-state index contributed by atoms with van der Waals surface area (Å²) in [7, 11) is -2.23. The Morgan fingerprint density at radius 2 is 1.96 bits per heavy atom. The van der Waals surface area contributed by atoms with E-state index in [2.05, 4.69) is 15.6 Å². The van der Waals surface area contributed by atoms with E-state index in [-0.39, 0.29) is 35.3 Å². The van der Waals surface area contributed by atoms with Gasteiger partial charge < -0.3 is 10.6 Å². The van der Waals surface area contributed by atoms with Crippen molar-refractivity contribution in [2.45, 2.75) is 62.5 Å². The van der Waals surface area contributed by atoms with Crippen LogP contribution in [0.2, 0.25) is 0 Å². The Kier molecular flexibility index (Phi) is 10.3. The van der Waals surface area contributed by atoms with E-state index in [0.717, 1.165) is 25.7 Å². The quantitative estimate of drug-likeness (QED) is 0.334. The molecule has 0 amide bonds. The molecule has 0 aromatic carbocycles. The molecule has 6 nitrogen and oxygen atoms in total. The molecular formula is C15H32IN3O3S2. The van der Waals surface area contributed by atoms with E-state index >= 15 is 0 Å². The molecule has 0 aliphatic heterocycles. The minimum Gasteiger partial charge on any atom is -0.355 e. The fourth-order valence-corrected chi connectivity index (χ4v) is 4.25. The molecule has 0 saturated heterocycles. The topological polar surface area (TPSA) is 87.6 Å². The van der Waals surface area contributed by atoms with Crippen molar-refractivity contribution in [3.8, 4) is 0 Å². The van der Waals surface area contributed by atoms with Crippen molar-refractivity contribution in [3.05, 3.63) is 0 Å². The molecule has 0 spiro atoms. The van der Waals surface area contributed by atoms with Gasteiger partial charge in [0.15, 0.2) is 15.8 Å². The summed E-state index contributed by atoms with van der Waals surface area (Å²) < 4.78 is 34.7. The molecule has 0 aromatic heterocycles. The van der Waals surface area contributed by atoms with Crippen LogP contribution in [-0.2, 0) is 20.6 Å². The Bertz CT molecular complexity index is 550. The van der Waals surface area contributed by atoms with Crippen LogP contribution < -0.4 is 10.6 Å². The first-order chi connectivity index (χ1) is 10.6. The van der Waals surface area contributed by atoms with E-state index < -0.39 is 25.4 Å². The van der Waals surface area contributed by atoms with Gasteiger partial charge in [-0.05, 0) is 33.1 Å². The van der Waals surface area contributed by atoms with E-state index in [9.17, 15) is 12.6 Å². The van der Waals surface area contributed by atoms with Gasteiger partial charge in [0.05, 0.1) is 4.75 Å². The lowest BCUT2D eigenvalue weighted by Gasteiger charge is -2.31. The molecule has 0 radical (unpaired) electrons. The smallest absolute Gasteiger partial charge is 0.191 e. The van der Waals surface area contributed by atoms with Crippen LogP contribution in [0.1, 0.15) is 46.5 Å². The van der Waals surface area contributed by atoms with Crippen molar-refractivity contribution < 1.29 is 12.6 Å². The van der Waals surface area contributed by atoms with Gasteiger partial charge in [0.1, 0.15) is 0 Å². The molecule has 1 saturated carbocycles. The molecule has 1 aliphatic rings. The number of rotatable bonds is 6. The fourth-order valence-electron chi connectivity index (χ4n) is 2.57. The third-order valence-corrected chi connectivity index (χ3v) is 8.42. The first-order valence-electron chi connectivity index (χ1n) is 8.14. The van der Waals surface area contributed by atoms with Crippen molar-refractivity contribution >= 4 is 50.6 Å². The van der Waals surface area contributed by atoms with Crippen LogP contribution in [0.3, 0.4) is 0 Å². The number of hydrogen-bond donors (Lipinski definition) is 2. The summed E-state index contributed by atoms with van der Waals surface area (Å²) in [6, 6.07) is 0.233. The van der Waals surface area contributed by atoms with Gasteiger partial charge in [-0.3, -0.25) is 9.20 Å². The van der Waals surface area contributed by atoms with E-state index in [1.54, 1.807) is 20.9 Å². The molecule has 0 bridgehead atoms. The molecule has 2 N–H and O–H groups in total. The van der Waals surface area contributed by atoms with Crippen molar-refractivity contribution in [1.29, 1.82) is 0 Å². The maximum Gasteiger partial charge on any atom is 0.191 e. The number of nitrogens with one attached hydrogen (secondary N) is 2. The third-order valence-electron chi connectivity index (χ3n) is 4.53. The largest absolute Gasteiger partial charge is 0.355 e. The average molecular weight is 493 g/mol. The molecule has 1 fully saturated rings. The van der Waals surface area contributed by atoms with E-state index in [1.165, 1.54) is 6.26 Å². The van der Waals surface area contributed by atoms with E-state index in [4.69, 9.17) is 0 Å². The van der Waals surface area contributed by atoms with Crippen LogP contribution in [0, 0.1) is 0 Å². The third kappa shape index (κ3) is 7.15. The minimum absolute atomic E-state index is 0. The Balaban J connectivity index is 0.00000529. The highest BCUT2D eigenvalue weighted by atomic mass is 127. The fraction of sp³-hybridized carbons (Fsp3) is 0.933. The molecule has 3 unspecified atom stereocenters. The number of hydrogen-bond acceptors (Lipinski definition) is 4. The first kappa shape index (κ1) is 24.1. The summed E-state index contributed by atoms with van der Waals surface area (Å²) in [6.07, 6.45) is 5.21. The molecule has 0 aromatic rings. The van der Waals surface area contributed by atoms with E-state index in [0.29, 0.717) is 18.3 Å². The molecule has 1 aliphatic carbocycles. The lowest BCUT2D eigenvalue weighted by molar-refractivity contribution is 0.412. The first-order valence-corrected chi connectivity index (χ1v) is 11.4. The predicted octanol–water partition coefficient (Wildman–Crippen LogP) is 1.67. The number of nitrogens with zero attached hydrogens (tertiary/aromatic N) is 1. The lowest BCUT2D eigenvalue weighted by atomic mass is 9.95. The Morgan fingerprint density at radius 3 is 2.46 bits per heavy atom. The SMILES string of the molecule is CCS(=O)C1CCCC(NC(=NC)NCC(C)(C)S(C)(=O)=O)C1.I. The van der Waals surface area contributed by atoms with Gasteiger partial charge in [0, 0.05) is 47.7 Å². The van der Waals surface area contributed by atoms with Crippen LogP contribution in [0.25, 0.3) is 0 Å². The Morgan fingerprint density at radius 1 is 1.33 bits per heavy atom. The van der Waals surface area contributed by atoms with Crippen molar-refractivity contribution in [2.75, 3.05) is 25.6 Å². The number of aliphatic imine (C=N–C) groups is 1. The van der Waals surface area contributed by atoms with Crippen molar-refractivity contribution in [2.24, 2.45) is 4.99 Å². The van der Waals surface area contributed by atoms with E-state index in [1.807, 2.05) is 6.92 Å². The Hall–Kier alpha value is 0.1000. The molecule has 144 valence electrons. The van der Waals surface area contributed by atoms with Gasteiger partial charge in [-0.1, -0.05) is 13.3 Å². The summed E-state index contributed by atoms with van der Waals surface area (Å²) in [5, 5.41) is 6.70. The molecule has 3 atom stereocenters. The van der Waals surface area contributed by atoms with Gasteiger partial charge >= 0.3 is 0 Å². The second-order valence-corrected chi connectivity index (χ2v) is 11.4. The van der Waals surface area contributed by atoms with Gasteiger partial charge in [0.25, 0.3) is 0 Å². The normalized spacial score (nSPS) is 24.0. The summed E-state index contributed by atoms with van der Waals surface area (Å²) >= 11 is 0. The van der Waals surface area contributed by atoms with Gasteiger partial charge in [-0.2, -0.15) is 0 Å². The number of sulfone groups is 1. The highest BCUT2D eigenvalue weighted by Crippen LogP contribution is 2.23. The zero-order valence-electron chi connectivity index (χ0n) is 15.3. The summed E-state index contributed by atoms with van der Waals surface area (Å²) in [6.45, 7) is 5.65. The van der Waals surface area contributed by atoms with Gasteiger partial charge in [0.2, 0.25) is 0 Å². The Labute approximate surface area is 166 Å². The van der Waals surface area contributed by atoms with Crippen LogP contribution in [0.15, 0.2) is 4.99 Å². The number of halogens is 1. The van der Waals surface area contributed by atoms with Crippen molar-refractivity contribution in [1.82, 2.24) is 10.6 Å². The zero-order chi connectivity index (χ0) is 17.7. The average Bonchev–Trinajstić information content (AvgIpc) is 2.49. The maximum absolute atomic E-state index is 12.0. The second-order valence-electron chi connectivity index (χ2n) is 6.76. The summed E-state index contributed by atoms with van der Waals surface area (Å²) in [4.78, 5) is 4.18. The highest BCUT2D eigenvalue weighted by molar-refractivity contribution is 14.0. The van der Waals surface area contributed by atoms with Crippen LogP contribution >= 0.6 is 24.0 Å². The molecule has 0 heterocycles. The summed E-state index contributed by atoms with van der Waals surface area (Å²) in [5.74, 6) is 1.31. The van der Waals surface area contributed by atoms with Crippen LogP contribution in [0.5, 0.6) is 0 Å². The van der Waals surface area contributed by atoms with Gasteiger partial charge in [-0.15, -0.1) is 24.0 Å². The highest BCUT2D eigenvalue weighted by Gasteiger charge is 2.31. The maximum atomic E-state index is 12.0. The molecule has 9 heteroatoms. The van der Waals surface area contributed by atoms with Crippen LogP contribution in [0.4, 0.5) is 0 Å². The zero-order valence-corrected chi connectivity index (χ0v) is 19.3.